The zero-order chi connectivity index (χ0) is 14.8. The molecule has 0 aromatic carbocycles. The van der Waals surface area contributed by atoms with Gasteiger partial charge in [-0.05, 0) is 24.2 Å². The molecule has 1 atom stereocenters. The number of carbonyl (C=O) groups is 2. The van der Waals surface area contributed by atoms with Crippen molar-refractivity contribution >= 4 is 12.0 Å². The Morgan fingerprint density at radius 2 is 2.15 bits per heavy atom. The number of carbonyl (C=O) groups excluding carboxylic acids is 1. The van der Waals surface area contributed by atoms with Crippen molar-refractivity contribution < 1.29 is 19.4 Å². The second kappa shape index (κ2) is 5.99. The van der Waals surface area contributed by atoms with Crippen LogP contribution in [0.4, 0.5) is 4.79 Å². The second-order valence-electron chi connectivity index (χ2n) is 6.20. The van der Waals surface area contributed by atoms with E-state index in [0.717, 1.165) is 12.8 Å². The van der Waals surface area contributed by atoms with E-state index in [1.165, 1.54) is 0 Å². The van der Waals surface area contributed by atoms with Gasteiger partial charge in [0.1, 0.15) is 0 Å². The van der Waals surface area contributed by atoms with Gasteiger partial charge in [0.25, 0.3) is 0 Å². The minimum absolute atomic E-state index is 0.0667. The van der Waals surface area contributed by atoms with E-state index < -0.39 is 5.97 Å². The third-order valence-electron chi connectivity index (χ3n) is 4.61. The van der Waals surface area contributed by atoms with Crippen LogP contribution in [-0.4, -0.2) is 54.4 Å². The number of urea groups is 1. The molecule has 2 N–H and O–H groups in total. The average Bonchev–Trinajstić information content (AvgIpc) is 3.17. The van der Waals surface area contributed by atoms with Crippen molar-refractivity contribution in [3.63, 3.8) is 0 Å². The van der Waals surface area contributed by atoms with Crippen LogP contribution < -0.4 is 5.32 Å². The molecule has 0 bridgehead atoms. The van der Waals surface area contributed by atoms with Crippen LogP contribution in [0.5, 0.6) is 0 Å². The van der Waals surface area contributed by atoms with Crippen LogP contribution in [0.1, 0.15) is 33.1 Å². The Balaban J connectivity index is 1.88. The zero-order valence-electron chi connectivity index (χ0n) is 12.2. The molecule has 114 valence electrons. The molecule has 1 saturated carbocycles. The molecule has 1 aliphatic heterocycles. The van der Waals surface area contributed by atoms with Gasteiger partial charge in [-0.1, -0.05) is 13.8 Å². The van der Waals surface area contributed by atoms with E-state index >= 15 is 0 Å². The molecular formula is C14H24N2O4. The van der Waals surface area contributed by atoms with Gasteiger partial charge in [-0.2, -0.15) is 0 Å². The van der Waals surface area contributed by atoms with Gasteiger partial charge in [0.2, 0.25) is 0 Å². The number of morpholine rings is 1. The van der Waals surface area contributed by atoms with E-state index in [1.807, 2.05) is 0 Å². The van der Waals surface area contributed by atoms with Gasteiger partial charge in [0, 0.05) is 13.1 Å². The number of ether oxygens (including phenoxy) is 1. The van der Waals surface area contributed by atoms with E-state index in [1.54, 1.807) is 4.90 Å². The number of nitrogens with zero attached hydrogens (tertiary/aromatic N) is 1. The fourth-order valence-corrected chi connectivity index (χ4v) is 2.76. The van der Waals surface area contributed by atoms with Crippen molar-refractivity contribution in [2.45, 2.75) is 39.2 Å². The van der Waals surface area contributed by atoms with Crippen LogP contribution in [-0.2, 0) is 9.53 Å². The van der Waals surface area contributed by atoms with Crippen LogP contribution in [0.15, 0.2) is 0 Å². The topological polar surface area (TPSA) is 78.9 Å². The molecule has 0 aromatic rings. The van der Waals surface area contributed by atoms with Crippen molar-refractivity contribution in [2.75, 3.05) is 26.3 Å². The Bertz CT molecular complexity index is 379. The molecule has 0 spiro atoms. The van der Waals surface area contributed by atoms with Gasteiger partial charge in [-0.25, -0.2) is 4.79 Å². The molecule has 2 rings (SSSR count). The molecule has 0 aromatic heterocycles. The lowest BCUT2D eigenvalue weighted by Gasteiger charge is -2.35. The summed E-state index contributed by atoms with van der Waals surface area (Å²) in [6.07, 6.45) is 2.25. The van der Waals surface area contributed by atoms with Crippen molar-refractivity contribution in [1.82, 2.24) is 10.2 Å². The third kappa shape index (κ3) is 3.42. The van der Waals surface area contributed by atoms with E-state index in [-0.39, 0.29) is 23.9 Å². The second-order valence-corrected chi connectivity index (χ2v) is 6.20. The summed E-state index contributed by atoms with van der Waals surface area (Å²) in [4.78, 5) is 24.7. The molecule has 6 heteroatoms. The lowest BCUT2D eigenvalue weighted by molar-refractivity contribution is -0.139. The van der Waals surface area contributed by atoms with Gasteiger partial charge in [-0.3, -0.25) is 4.79 Å². The highest BCUT2D eigenvalue weighted by molar-refractivity contribution is 5.76. The van der Waals surface area contributed by atoms with E-state index in [4.69, 9.17) is 9.84 Å². The molecule has 2 fully saturated rings. The van der Waals surface area contributed by atoms with Crippen molar-refractivity contribution in [3.8, 4) is 0 Å². The minimum Gasteiger partial charge on any atom is -0.481 e. The number of hydrogen-bond donors (Lipinski definition) is 2. The quantitative estimate of drug-likeness (QED) is 0.798. The van der Waals surface area contributed by atoms with E-state index in [0.29, 0.717) is 32.2 Å². The highest BCUT2D eigenvalue weighted by Gasteiger charge is 2.45. The predicted molar refractivity (Wildman–Crippen MR) is 73.5 cm³/mol. The smallest absolute Gasteiger partial charge is 0.317 e. The first kappa shape index (κ1) is 15.1. The Hall–Kier alpha value is -1.30. The average molecular weight is 284 g/mol. The van der Waals surface area contributed by atoms with Crippen molar-refractivity contribution in [1.29, 1.82) is 0 Å². The minimum atomic E-state index is -0.904. The molecule has 0 radical (unpaired) electrons. The highest BCUT2D eigenvalue weighted by atomic mass is 16.5. The predicted octanol–water partition coefficient (Wildman–Crippen LogP) is 1.31. The Morgan fingerprint density at radius 3 is 2.70 bits per heavy atom. The van der Waals surface area contributed by atoms with Crippen LogP contribution in [0.25, 0.3) is 0 Å². The number of hydrogen-bond acceptors (Lipinski definition) is 3. The normalized spacial score (nSPS) is 24.6. The number of carboxylic acids is 1. The fraction of sp³-hybridized carbons (Fsp3) is 0.857. The summed E-state index contributed by atoms with van der Waals surface area (Å²) in [5.74, 6) is -0.346. The molecule has 20 heavy (non-hydrogen) atoms. The number of nitrogens with one attached hydrogen (secondary N) is 1. The number of amides is 2. The molecule has 1 unspecified atom stereocenters. The Kier molecular flexibility index (Phi) is 4.52. The molecule has 6 nitrogen and oxygen atoms in total. The lowest BCUT2D eigenvalue weighted by Crippen LogP contribution is -2.54. The monoisotopic (exact) mass is 284 g/mol. The van der Waals surface area contributed by atoms with Gasteiger partial charge >= 0.3 is 12.0 Å². The molecule has 1 aliphatic carbocycles. The van der Waals surface area contributed by atoms with Gasteiger partial charge in [0.05, 0.1) is 25.7 Å². The maximum atomic E-state index is 12.3. The first-order valence-corrected chi connectivity index (χ1v) is 7.28. The molecule has 1 saturated heterocycles. The van der Waals surface area contributed by atoms with E-state index in [9.17, 15) is 9.59 Å². The van der Waals surface area contributed by atoms with Crippen molar-refractivity contribution in [2.24, 2.45) is 11.3 Å². The number of rotatable bonds is 5. The maximum Gasteiger partial charge on any atom is 0.317 e. The SMILES string of the molecule is CC(C)C1(CNC(=O)N2CCOCC2CC(=O)O)CC1. The zero-order valence-corrected chi connectivity index (χ0v) is 12.2. The van der Waals surface area contributed by atoms with Gasteiger partial charge in [0.15, 0.2) is 0 Å². The van der Waals surface area contributed by atoms with Crippen LogP contribution in [0.3, 0.4) is 0 Å². The first-order valence-electron chi connectivity index (χ1n) is 7.28. The van der Waals surface area contributed by atoms with Crippen LogP contribution in [0, 0.1) is 11.3 Å². The Morgan fingerprint density at radius 1 is 1.45 bits per heavy atom. The lowest BCUT2D eigenvalue weighted by atomic mass is 9.92. The maximum absolute atomic E-state index is 12.3. The fourth-order valence-electron chi connectivity index (χ4n) is 2.76. The summed E-state index contributed by atoms with van der Waals surface area (Å²) in [6, 6.07) is -0.526. The third-order valence-corrected chi connectivity index (χ3v) is 4.61. The molecule has 2 aliphatic rings. The number of carboxylic acid groups (broad SMARTS) is 1. The summed E-state index contributed by atoms with van der Waals surface area (Å²) in [7, 11) is 0. The molecular weight excluding hydrogens is 260 g/mol. The van der Waals surface area contributed by atoms with E-state index in [2.05, 4.69) is 19.2 Å². The number of aliphatic carboxylic acids is 1. The largest absolute Gasteiger partial charge is 0.481 e. The molecule has 2 amide bonds. The summed E-state index contributed by atoms with van der Waals surface area (Å²) in [6.45, 7) is 6.27. The van der Waals surface area contributed by atoms with Crippen LogP contribution in [0.2, 0.25) is 0 Å². The summed E-state index contributed by atoms with van der Waals surface area (Å²) in [5, 5.41) is 11.9. The summed E-state index contributed by atoms with van der Waals surface area (Å²) >= 11 is 0. The van der Waals surface area contributed by atoms with Gasteiger partial charge in [-0.15, -0.1) is 0 Å². The molecule has 1 heterocycles. The van der Waals surface area contributed by atoms with Crippen LogP contribution >= 0.6 is 0 Å². The van der Waals surface area contributed by atoms with Crippen molar-refractivity contribution in [3.05, 3.63) is 0 Å². The first-order chi connectivity index (χ1) is 9.44. The standard InChI is InChI=1S/C14H24N2O4/c1-10(2)14(3-4-14)9-15-13(19)16-5-6-20-8-11(16)7-12(17)18/h10-11H,3-9H2,1-2H3,(H,15,19)(H,17,18). The highest BCUT2D eigenvalue weighted by Crippen LogP contribution is 2.51. The summed E-state index contributed by atoms with van der Waals surface area (Å²) < 4.78 is 5.27. The summed E-state index contributed by atoms with van der Waals surface area (Å²) in [5.41, 5.74) is 0.254. The van der Waals surface area contributed by atoms with Gasteiger partial charge < -0.3 is 20.1 Å². The Labute approximate surface area is 119 Å².